The third-order valence-electron chi connectivity index (χ3n) is 13.5. The summed E-state index contributed by atoms with van der Waals surface area (Å²) >= 11 is 0. The first-order valence-electron chi connectivity index (χ1n) is 22.3. The van der Waals surface area contributed by atoms with Crippen LogP contribution in [0.25, 0.3) is 33.0 Å². The molecule has 0 radical (unpaired) electrons. The van der Waals surface area contributed by atoms with E-state index in [1.165, 1.54) is 40.2 Å². The zero-order valence-corrected chi connectivity index (χ0v) is 38.7. The summed E-state index contributed by atoms with van der Waals surface area (Å²) < 4.78 is 43.1. The fraction of sp³-hybridized carbons (Fsp3) is 0.490. The molecular formula is C49H58N4O13. The molecule has 2 saturated heterocycles. The average Bonchev–Trinajstić information content (AvgIpc) is 3.73. The van der Waals surface area contributed by atoms with Crippen LogP contribution in [0, 0.1) is 24.7 Å². The van der Waals surface area contributed by atoms with Gasteiger partial charge in [0, 0.05) is 94.0 Å². The Balaban J connectivity index is 1.26. The number of phenols is 1. The number of esters is 1. The molecule has 1 aromatic heterocycles. The molecule has 352 valence electrons. The molecule has 0 aliphatic carbocycles. The van der Waals surface area contributed by atoms with E-state index in [1.807, 2.05) is 19.9 Å². The maximum Gasteiger partial charge on any atom is 0.312 e. The van der Waals surface area contributed by atoms with Crippen LogP contribution in [0.4, 0.5) is 5.69 Å². The van der Waals surface area contributed by atoms with Crippen LogP contribution in [-0.2, 0) is 28.5 Å². The van der Waals surface area contributed by atoms with Gasteiger partial charge >= 0.3 is 11.8 Å². The molecule has 1 amide bonds. The average molecular weight is 911 g/mol. The number of fused-ring (bicyclic) bond motifs is 9. The molecule has 7 bridgehead atoms. The van der Waals surface area contributed by atoms with Crippen molar-refractivity contribution >= 4 is 56.3 Å². The lowest BCUT2D eigenvalue weighted by Crippen LogP contribution is -2.46. The van der Waals surface area contributed by atoms with E-state index in [2.05, 4.69) is 22.2 Å². The van der Waals surface area contributed by atoms with E-state index in [9.17, 15) is 29.4 Å². The Labute approximate surface area is 381 Å². The van der Waals surface area contributed by atoms with Gasteiger partial charge in [0.05, 0.1) is 35.5 Å². The number of likely N-dealkylation sites (N-methyl/N-ethyl adjacent to an activating group) is 1. The fourth-order valence-electron chi connectivity index (χ4n) is 9.42. The summed E-state index contributed by atoms with van der Waals surface area (Å²) in [5, 5.41) is 26.1. The van der Waals surface area contributed by atoms with Gasteiger partial charge in [-0.2, -0.15) is 0 Å². The molecule has 17 nitrogen and oxygen atoms in total. The number of benzene rings is 3. The molecule has 17 heteroatoms. The number of hydrogen-bond acceptors (Lipinski definition) is 16. The Bertz CT molecular complexity index is 2740. The van der Waals surface area contributed by atoms with E-state index in [-0.39, 0.29) is 67.4 Å². The number of aromatic nitrogens is 1. The van der Waals surface area contributed by atoms with Gasteiger partial charge in [0.2, 0.25) is 0 Å². The third kappa shape index (κ3) is 8.54. The largest absolute Gasteiger partial charge is 0.505 e. The van der Waals surface area contributed by atoms with Crippen molar-refractivity contribution in [1.82, 2.24) is 14.8 Å². The number of aliphatic hydroxyl groups is 1. The number of carbonyl (C=O) groups is 3. The minimum atomic E-state index is -2.03. The van der Waals surface area contributed by atoms with Crippen molar-refractivity contribution in [2.45, 2.75) is 84.8 Å². The van der Waals surface area contributed by atoms with Gasteiger partial charge < -0.3 is 53.3 Å². The topological polar surface area (TPSA) is 209 Å². The maximum atomic E-state index is 14.8. The van der Waals surface area contributed by atoms with E-state index in [4.69, 9.17) is 37.8 Å². The van der Waals surface area contributed by atoms with Gasteiger partial charge in [-0.1, -0.05) is 39.0 Å². The predicted octanol–water partition coefficient (Wildman–Crippen LogP) is 5.39. The van der Waals surface area contributed by atoms with E-state index in [0.29, 0.717) is 17.9 Å². The van der Waals surface area contributed by atoms with Crippen LogP contribution in [0.2, 0.25) is 0 Å². The summed E-state index contributed by atoms with van der Waals surface area (Å²) in [6.45, 7) is 16.2. The summed E-state index contributed by atoms with van der Waals surface area (Å²) in [7, 11) is 3.56. The number of methoxy groups -OCH3 is 1. The third-order valence-corrected chi connectivity index (χ3v) is 13.5. The number of allylic oxidation sites excluding steroid dienone is 2. The first-order chi connectivity index (χ1) is 31.4. The molecule has 0 unspecified atom stereocenters. The van der Waals surface area contributed by atoms with Crippen molar-refractivity contribution in [1.29, 1.82) is 0 Å². The molecule has 9 atom stereocenters. The minimum Gasteiger partial charge on any atom is -0.505 e. The van der Waals surface area contributed by atoms with Gasteiger partial charge in [-0.3, -0.25) is 24.1 Å². The monoisotopic (exact) mass is 910 g/mol. The number of anilines is 1. The molecule has 0 saturated carbocycles. The SMILES string of the molecule is CO[C@H]1/C=C/O[C@@]2(C)Oc3c(C)c(=O)c4c(O)c(c5oc6cc(OCCN7CCN(C)CC7)ccc6nc5c4c3C2=O)NC(=O)/C(C)=C\C=C\[C@H](C)[C@@H]2O[C@H]([C@H](O)[C@@H]2C)[C@H](OC(C)=O)[C@@H]1C. The lowest BCUT2D eigenvalue weighted by molar-refractivity contribution is -0.168. The Morgan fingerprint density at radius 3 is 2.48 bits per heavy atom. The van der Waals surface area contributed by atoms with Crippen molar-refractivity contribution in [3.63, 3.8) is 0 Å². The standard InChI is InChI=1S/C49H58N4O13/c1-24-11-10-12-25(2)48(59)51-38-41(57)35-34(37-45(38)64-33-23-30(13-14-31(33)50-37)61-22-20-53-18-16-52(8)17-19-53)36-43(27(4)39(35)55)66-49(7,47(36)58)62-21-15-32(60-9)26(3)44(63-29(6)54)46-40(56)28(5)42(24)65-46/h10-15,21,23-24,26,28,32,40,42,44,46,56-57H,16-20,22H2,1-9H3,(H,51,59)/b11-10+,21-15+,25-12-/t24-,26+,28-,32-,40+,42-,44+,46+,49-/m0/s1. The zero-order valence-electron chi connectivity index (χ0n) is 38.7. The Morgan fingerprint density at radius 2 is 1.77 bits per heavy atom. The van der Waals surface area contributed by atoms with Gasteiger partial charge in [-0.15, -0.1) is 0 Å². The highest BCUT2D eigenvalue weighted by atomic mass is 16.7. The zero-order chi connectivity index (χ0) is 47.4. The van der Waals surface area contributed by atoms with Crippen molar-refractivity contribution in [2.24, 2.45) is 17.8 Å². The second kappa shape index (κ2) is 18.4. The number of ketones is 1. The number of phenolic OH excluding ortho intramolecular Hbond substituents is 1. The number of nitrogens with zero attached hydrogens (tertiary/aromatic N) is 3. The molecule has 3 aromatic carbocycles. The number of aromatic hydroxyl groups is 1. The van der Waals surface area contributed by atoms with Crippen molar-refractivity contribution in [3.05, 3.63) is 75.7 Å². The number of rotatable bonds is 6. The summed E-state index contributed by atoms with van der Waals surface area (Å²) in [5.41, 5.74) is -0.288. The molecule has 9 rings (SSSR count). The van der Waals surface area contributed by atoms with Gasteiger partial charge in [0.15, 0.2) is 22.3 Å². The first-order valence-corrected chi connectivity index (χ1v) is 22.3. The van der Waals surface area contributed by atoms with Crippen LogP contribution in [0.5, 0.6) is 17.2 Å². The Morgan fingerprint density at radius 1 is 1.03 bits per heavy atom. The number of nitrogens with one attached hydrogen (secondary N) is 1. The van der Waals surface area contributed by atoms with Crippen LogP contribution in [-0.4, -0.2) is 132 Å². The number of carbonyl (C=O) groups excluding carboxylic acids is 3. The second-order valence-corrected chi connectivity index (χ2v) is 18.1. The van der Waals surface area contributed by atoms with Crippen molar-refractivity contribution in [3.8, 4) is 17.2 Å². The molecule has 5 aliphatic rings. The quantitative estimate of drug-likeness (QED) is 0.0959. The maximum absolute atomic E-state index is 14.8. The van der Waals surface area contributed by atoms with E-state index < -0.39 is 71.1 Å². The highest BCUT2D eigenvalue weighted by molar-refractivity contribution is 6.26. The van der Waals surface area contributed by atoms with Gasteiger partial charge in [-0.25, -0.2) is 4.98 Å². The van der Waals surface area contributed by atoms with Crippen LogP contribution in [0.3, 0.4) is 0 Å². The number of ether oxygens (including phenoxy) is 6. The fourth-order valence-corrected chi connectivity index (χ4v) is 9.42. The number of aliphatic hydroxyl groups excluding tert-OH is 1. The predicted molar refractivity (Wildman–Crippen MR) is 245 cm³/mol. The summed E-state index contributed by atoms with van der Waals surface area (Å²) in [4.78, 5) is 65.2. The van der Waals surface area contributed by atoms with Crippen LogP contribution >= 0.6 is 0 Å². The lowest BCUT2D eigenvalue weighted by atomic mass is 9.86. The molecular weight excluding hydrogens is 853 g/mol. The molecule has 2 fully saturated rings. The number of amides is 1. The van der Waals surface area contributed by atoms with Gasteiger partial charge in [-0.05, 0) is 39.1 Å². The summed E-state index contributed by atoms with van der Waals surface area (Å²) in [6.07, 6.45) is 3.65. The normalized spacial score (nSPS) is 30.6. The summed E-state index contributed by atoms with van der Waals surface area (Å²) in [5.74, 6) is -5.43. The van der Waals surface area contributed by atoms with Crippen LogP contribution in [0.15, 0.2) is 63.6 Å². The molecule has 6 heterocycles. The second-order valence-electron chi connectivity index (χ2n) is 18.1. The minimum absolute atomic E-state index is 0.00400. The number of hydrogen-bond donors (Lipinski definition) is 3. The van der Waals surface area contributed by atoms with Crippen molar-refractivity contribution < 1.29 is 57.4 Å². The molecule has 5 aliphatic heterocycles. The van der Waals surface area contributed by atoms with Crippen LogP contribution < -0.4 is 20.2 Å². The lowest BCUT2D eigenvalue weighted by Gasteiger charge is -2.33. The van der Waals surface area contributed by atoms with Crippen molar-refractivity contribution in [2.75, 3.05) is 58.8 Å². The summed E-state index contributed by atoms with van der Waals surface area (Å²) in [6, 6.07) is 5.10. The Kier molecular flexibility index (Phi) is 13.0. The molecule has 3 N–H and O–H groups in total. The van der Waals surface area contributed by atoms with E-state index in [1.54, 1.807) is 44.2 Å². The Hall–Kier alpha value is -5.85. The molecule has 66 heavy (non-hydrogen) atoms. The van der Waals surface area contributed by atoms with Gasteiger partial charge in [0.25, 0.3) is 11.7 Å². The smallest absolute Gasteiger partial charge is 0.312 e. The molecule has 0 spiro atoms. The first kappa shape index (κ1) is 46.7. The van der Waals surface area contributed by atoms with E-state index >= 15 is 0 Å². The number of piperazine rings is 1. The van der Waals surface area contributed by atoms with E-state index in [0.717, 1.165) is 32.7 Å². The van der Waals surface area contributed by atoms with Gasteiger partial charge in [0.1, 0.15) is 47.0 Å². The highest BCUT2D eigenvalue weighted by Gasteiger charge is 2.51. The van der Waals surface area contributed by atoms with Crippen LogP contribution in [0.1, 0.15) is 57.5 Å². The highest BCUT2D eigenvalue weighted by Crippen LogP contribution is 2.48. The molecule has 4 aromatic rings. The number of Topliss-reactive ketones (excluding diaryl/α,β-unsaturated/α-hetero) is 1.